The van der Waals surface area contributed by atoms with Gasteiger partial charge in [0, 0.05) is 24.0 Å². The van der Waals surface area contributed by atoms with Crippen LogP contribution in [0.2, 0.25) is 0 Å². The molecule has 0 atom stereocenters. The Morgan fingerprint density at radius 2 is 1.27 bits per heavy atom. The summed E-state index contributed by atoms with van der Waals surface area (Å²) in [7, 11) is -4.46. The van der Waals surface area contributed by atoms with Gasteiger partial charge in [-0.05, 0) is 44.5 Å². The van der Waals surface area contributed by atoms with E-state index in [-0.39, 0.29) is 19.6 Å². The predicted molar refractivity (Wildman–Crippen MR) is 118 cm³/mol. The molecule has 4 rings (SSSR count). The molecule has 150 valence electrons. The molecule has 0 heterocycles. The first-order valence-electron chi connectivity index (χ1n) is 9.47. The Balaban J connectivity index is 1.80. The van der Waals surface area contributed by atoms with Crippen molar-refractivity contribution in [3.63, 3.8) is 0 Å². The van der Waals surface area contributed by atoms with E-state index in [0.717, 1.165) is 43.4 Å². The lowest BCUT2D eigenvalue weighted by Gasteiger charge is -2.13. The molecule has 3 N–H and O–H groups in total. The van der Waals surface area contributed by atoms with Crippen molar-refractivity contribution in [2.75, 3.05) is 13.2 Å². The first-order chi connectivity index (χ1) is 14.5. The lowest BCUT2D eigenvalue weighted by Crippen LogP contribution is -1.91. The highest BCUT2D eigenvalue weighted by molar-refractivity contribution is 7.46. The van der Waals surface area contributed by atoms with Gasteiger partial charge in [-0.25, -0.2) is 4.57 Å². The van der Waals surface area contributed by atoms with Crippen molar-refractivity contribution in [3.8, 4) is 23.7 Å². The van der Waals surface area contributed by atoms with Crippen molar-refractivity contribution in [2.45, 2.75) is 12.8 Å². The average Bonchev–Trinajstić information content (AvgIpc) is 2.72. The summed E-state index contributed by atoms with van der Waals surface area (Å²) in [6, 6.07) is 16.3. The van der Waals surface area contributed by atoms with Gasteiger partial charge >= 0.3 is 7.82 Å². The standard InChI is InChI=1S/C24H19O5P/c25-15-3-1-5-17-7-9-19-11-12-20-10-8-18(6-2-4-16-29-30(26,27)28)22-14-13-21(17)23(19)24(20)22/h7-14,25H,3-4,15-16H2,(H2,26,27,28). The number of phosphoric acid groups is 1. The lowest BCUT2D eigenvalue weighted by atomic mass is 9.90. The molecule has 0 aliphatic heterocycles. The fourth-order valence-electron chi connectivity index (χ4n) is 3.61. The summed E-state index contributed by atoms with van der Waals surface area (Å²) in [6.07, 6.45) is 0.658. The van der Waals surface area contributed by atoms with E-state index in [1.54, 1.807) is 0 Å². The molecule has 0 radical (unpaired) electrons. The fraction of sp³-hybridized carbons (Fsp3) is 0.167. The van der Waals surface area contributed by atoms with Crippen molar-refractivity contribution in [3.05, 3.63) is 59.7 Å². The minimum absolute atomic E-state index is 0.0417. The van der Waals surface area contributed by atoms with Crippen LogP contribution < -0.4 is 0 Å². The molecular formula is C24H19O5P. The van der Waals surface area contributed by atoms with E-state index < -0.39 is 7.82 Å². The molecule has 5 nitrogen and oxygen atoms in total. The number of hydrogen-bond acceptors (Lipinski definition) is 3. The molecule has 30 heavy (non-hydrogen) atoms. The van der Waals surface area contributed by atoms with Crippen LogP contribution in [0.5, 0.6) is 0 Å². The molecule has 4 aromatic rings. The van der Waals surface area contributed by atoms with Crippen LogP contribution in [0.25, 0.3) is 32.3 Å². The second-order valence-electron chi connectivity index (χ2n) is 6.80. The Kier molecular flexibility index (Phi) is 5.75. The van der Waals surface area contributed by atoms with Crippen LogP contribution in [0, 0.1) is 23.7 Å². The van der Waals surface area contributed by atoms with Gasteiger partial charge in [0.2, 0.25) is 0 Å². The molecule has 0 saturated heterocycles. The molecule has 0 aromatic heterocycles. The zero-order chi connectivity index (χ0) is 21.1. The normalized spacial score (nSPS) is 11.4. The maximum absolute atomic E-state index is 10.7. The Bertz CT molecular complexity index is 1400. The van der Waals surface area contributed by atoms with Crippen LogP contribution in [0.4, 0.5) is 0 Å². The van der Waals surface area contributed by atoms with Gasteiger partial charge in [0.15, 0.2) is 0 Å². The van der Waals surface area contributed by atoms with Crippen LogP contribution in [-0.4, -0.2) is 28.1 Å². The predicted octanol–water partition coefficient (Wildman–Crippen LogP) is 4.17. The van der Waals surface area contributed by atoms with Crippen molar-refractivity contribution in [2.24, 2.45) is 0 Å². The molecule has 6 heteroatoms. The maximum Gasteiger partial charge on any atom is 0.469 e. The van der Waals surface area contributed by atoms with Gasteiger partial charge in [-0.15, -0.1) is 0 Å². The quantitative estimate of drug-likeness (QED) is 0.200. The summed E-state index contributed by atoms with van der Waals surface area (Å²) in [5, 5.41) is 15.6. The Labute approximate surface area is 173 Å². The second kappa shape index (κ2) is 8.46. The summed E-state index contributed by atoms with van der Waals surface area (Å²) >= 11 is 0. The van der Waals surface area contributed by atoms with Gasteiger partial charge in [0.05, 0.1) is 13.2 Å². The summed E-state index contributed by atoms with van der Waals surface area (Å²) < 4.78 is 15.2. The Hall–Kier alpha value is -2.89. The highest BCUT2D eigenvalue weighted by Gasteiger charge is 2.13. The first kappa shape index (κ1) is 20.4. The molecule has 0 amide bonds. The van der Waals surface area contributed by atoms with Crippen LogP contribution in [0.15, 0.2) is 48.5 Å². The van der Waals surface area contributed by atoms with E-state index in [2.05, 4.69) is 52.5 Å². The minimum atomic E-state index is -4.46. The highest BCUT2D eigenvalue weighted by atomic mass is 31.2. The smallest absolute Gasteiger partial charge is 0.395 e. The molecule has 0 spiro atoms. The highest BCUT2D eigenvalue weighted by Crippen LogP contribution is 2.37. The number of aliphatic hydroxyl groups excluding tert-OH is 1. The Morgan fingerprint density at radius 1 is 0.767 bits per heavy atom. The van der Waals surface area contributed by atoms with Crippen molar-refractivity contribution in [1.82, 2.24) is 0 Å². The van der Waals surface area contributed by atoms with Crippen LogP contribution in [0.1, 0.15) is 24.0 Å². The van der Waals surface area contributed by atoms with E-state index in [1.807, 2.05) is 24.3 Å². The third-order valence-electron chi connectivity index (χ3n) is 4.83. The third-order valence-corrected chi connectivity index (χ3v) is 5.35. The van der Waals surface area contributed by atoms with Crippen LogP contribution >= 0.6 is 7.82 Å². The van der Waals surface area contributed by atoms with Gasteiger partial charge in [-0.3, -0.25) is 4.52 Å². The fourth-order valence-corrected chi connectivity index (χ4v) is 3.94. The maximum atomic E-state index is 10.7. The average molecular weight is 418 g/mol. The molecule has 0 saturated carbocycles. The summed E-state index contributed by atoms with van der Waals surface area (Å²) in [6.45, 7) is -0.0843. The minimum Gasteiger partial charge on any atom is -0.395 e. The molecular weight excluding hydrogens is 399 g/mol. The zero-order valence-electron chi connectivity index (χ0n) is 16.1. The summed E-state index contributed by atoms with van der Waals surface area (Å²) in [5.41, 5.74) is 1.78. The molecule has 4 aromatic carbocycles. The number of aliphatic hydroxyl groups is 1. The molecule has 0 unspecified atom stereocenters. The number of hydrogen-bond donors (Lipinski definition) is 3. The molecule has 0 bridgehead atoms. The number of phosphoric ester groups is 1. The molecule has 0 aliphatic carbocycles. The van der Waals surface area contributed by atoms with Gasteiger partial charge in [-0.1, -0.05) is 60.1 Å². The van der Waals surface area contributed by atoms with Crippen molar-refractivity contribution in [1.29, 1.82) is 0 Å². The van der Waals surface area contributed by atoms with Gasteiger partial charge in [0.1, 0.15) is 0 Å². The third kappa shape index (κ3) is 4.18. The lowest BCUT2D eigenvalue weighted by molar-refractivity contribution is 0.201. The van der Waals surface area contributed by atoms with E-state index in [9.17, 15) is 4.57 Å². The summed E-state index contributed by atoms with van der Waals surface area (Å²) in [4.78, 5) is 17.5. The van der Waals surface area contributed by atoms with Gasteiger partial charge in [0.25, 0.3) is 0 Å². The van der Waals surface area contributed by atoms with E-state index >= 15 is 0 Å². The second-order valence-corrected chi connectivity index (χ2v) is 8.04. The zero-order valence-corrected chi connectivity index (χ0v) is 16.9. The van der Waals surface area contributed by atoms with Gasteiger partial charge in [-0.2, -0.15) is 0 Å². The molecule has 0 fully saturated rings. The SMILES string of the molecule is O=P(O)(O)OCCC#Cc1ccc2ccc3ccc(C#CCCO)c4ccc1c2c34. The van der Waals surface area contributed by atoms with Crippen LogP contribution in [0.3, 0.4) is 0 Å². The van der Waals surface area contributed by atoms with E-state index in [1.165, 1.54) is 0 Å². The van der Waals surface area contributed by atoms with Gasteiger partial charge < -0.3 is 14.9 Å². The monoisotopic (exact) mass is 418 g/mol. The van der Waals surface area contributed by atoms with E-state index in [4.69, 9.17) is 14.9 Å². The van der Waals surface area contributed by atoms with Crippen LogP contribution in [-0.2, 0) is 9.09 Å². The van der Waals surface area contributed by atoms with Crippen molar-refractivity contribution < 1.29 is 24.0 Å². The van der Waals surface area contributed by atoms with Crippen molar-refractivity contribution >= 4 is 40.1 Å². The number of rotatable bonds is 4. The Morgan fingerprint density at radius 3 is 1.77 bits per heavy atom. The topological polar surface area (TPSA) is 87.0 Å². The first-order valence-corrected chi connectivity index (χ1v) is 11.0. The van der Waals surface area contributed by atoms with E-state index in [0.29, 0.717) is 6.42 Å². The largest absolute Gasteiger partial charge is 0.469 e. The summed E-state index contributed by atoms with van der Waals surface area (Å²) in [5.74, 6) is 12.2. The number of benzene rings is 4. The molecule has 0 aliphatic rings.